The summed E-state index contributed by atoms with van der Waals surface area (Å²) in [7, 11) is 0. The van der Waals surface area contributed by atoms with E-state index in [1.165, 1.54) is 6.21 Å². The molecule has 0 saturated carbocycles. The van der Waals surface area contributed by atoms with Crippen molar-refractivity contribution in [1.29, 1.82) is 0 Å². The number of hydrazone groups is 1. The second kappa shape index (κ2) is 6.02. The third kappa shape index (κ3) is 3.33. The van der Waals surface area contributed by atoms with Gasteiger partial charge in [-0.15, -0.1) is 0 Å². The summed E-state index contributed by atoms with van der Waals surface area (Å²) in [6.07, 6.45) is 1.49. The predicted molar refractivity (Wildman–Crippen MR) is 77.4 cm³/mol. The van der Waals surface area contributed by atoms with Crippen molar-refractivity contribution in [1.82, 2.24) is 5.43 Å². The van der Waals surface area contributed by atoms with E-state index in [1.807, 2.05) is 12.1 Å². The lowest BCUT2D eigenvalue weighted by atomic mass is 10.2. The molecule has 3 N–H and O–H groups in total. The van der Waals surface area contributed by atoms with Crippen molar-refractivity contribution in [2.45, 2.75) is 0 Å². The van der Waals surface area contributed by atoms with Gasteiger partial charge in [-0.05, 0) is 18.2 Å². The molecule has 0 aliphatic carbocycles. The summed E-state index contributed by atoms with van der Waals surface area (Å²) in [4.78, 5) is 11.8. The van der Waals surface area contributed by atoms with Gasteiger partial charge in [0, 0.05) is 16.3 Å². The Morgan fingerprint density at radius 3 is 2.58 bits per heavy atom. The zero-order valence-corrected chi connectivity index (χ0v) is 10.8. The van der Waals surface area contributed by atoms with Crippen molar-refractivity contribution in [3.05, 3.63) is 64.7 Å². The third-order valence-corrected chi connectivity index (χ3v) is 2.82. The Morgan fingerprint density at radius 2 is 1.84 bits per heavy atom. The highest BCUT2D eigenvalue weighted by molar-refractivity contribution is 6.33. The molecule has 19 heavy (non-hydrogen) atoms. The monoisotopic (exact) mass is 273 g/mol. The summed E-state index contributed by atoms with van der Waals surface area (Å²) in [5.74, 6) is -0.360. The van der Waals surface area contributed by atoms with Crippen LogP contribution in [0.1, 0.15) is 15.9 Å². The number of para-hydroxylation sites is 1. The van der Waals surface area contributed by atoms with Crippen LogP contribution < -0.4 is 11.2 Å². The van der Waals surface area contributed by atoms with Gasteiger partial charge in [-0.3, -0.25) is 4.79 Å². The van der Waals surface area contributed by atoms with E-state index >= 15 is 0 Å². The van der Waals surface area contributed by atoms with Crippen LogP contribution in [-0.4, -0.2) is 12.1 Å². The smallest absolute Gasteiger partial charge is 0.273 e. The molecule has 0 aliphatic heterocycles. The number of nitrogens with two attached hydrogens (primary N) is 1. The summed E-state index contributed by atoms with van der Waals surface area (Å²) < 4.78 is 0. The number of nitrogens with zero attached hydrogens (tertiary/aromatic N) is 1. The van der Waals surface area contributed by atoms with E-state index in [4.69, 9.17) is 17.3 Å². The van der Waals surface area contributed by atoms with Crippen LogP contribution in [0.5, 0.6) is 0 Å². The van der Waals surface area contributed by atoms with E-state index in [0.29, 0.717) is 16.3 Å². The van der Waals surface area contributed by atoms with Gasteiger partial charge in [0.2, 0.25) is 0 Å². The van der Waals surface area contributed by atoms with Crippen LogP contribution in [-0.2, 0) is 0 Å². The average molecular weight is 274 g/mol. The van der Waals surface area contributed by atoms with E-state index in [1.54, 1.807) is 36.4 Å². The Hall–Kier alpha value is -2.33. The zero-order chi connectivity index (χ0) is 13.7. The number of nitrogens with one attached hydrogen (secondary N) is 1. The first-order chi connectivity index (χ1) is 9.18. The molecule has 2 aromatic carbocycles. The van der Waals surface area contributed by atoms with Gasteiger partial charge in [0.15, 0.2) is 0 Å². The van der Waals surface area contributed by atoms with Gasteiger partial charge in [0.25, 0.3) is 5.91 Å². The highest BCUT2D eigenvalue weighted by Gasteiger charge is 2.06. The number of amides is 1. The lowest BCUT2D eigenvalue weighted by molar-refractivity contribution is 0.0956. The van der Waals surface area contributed by atoms with Gasteiger partial charge in [0.05, 0.1) is 11.8 Å². The van der Waals surface area contributed by atoms with Crippen molar-refractivity contribution in [3.8, 4) is 0 Å². The predicted octanol–water partition coefficient (Wildman–Crippen LogP) is 2.69. The molecule has 4 nitrogen and oxygen atoms in total. The fourth-order valence-corrected chi connectivity index (χ4v) is 1.69. The van der Waals surface area contributed by atoms with Crippen molar-refractivity contribution < 1.29 is 4.79 Å². The van der Waals surface area contributed by atoms with E-state index in [9.17, 15) is 4.79 Å². The van der Waals surface area contributed by atoms with Crippen LogP contribution >= 0.6 is 11.6 Å². The molecule has 0 atom stereocenters. The maximum atomic E-state index is 11.8. The highest BCUT2D eigenvalue weighted by atomic mass is 35.5. The number of nitrogen functional groups attached to an aromatic ring is 1. The first kappa shape index (κ1) is 13.1. The largest absolute Gasteiger partial charge is 0.398 e. The van der Waals surface area contributed by atoms with E-state index in [-0.39, 0.29) is 5.91 Å². The average Bonchev–Trinajstić information content (AvgIpc) is 2.41. The van der Waals surface area contributed by atoms with E-state index in [0.717, 1.165) is 5.56 Å². The fourth-order valence-electron chi connectivity index (χ4n) is 1.50. The van der Waals surface area contributed by atoms with Crippen LogP contribution in [0.25, 0.3) is 0 Å². The molecular weight excluding hydrogens is 262 g/mol. The molecular formula is C14H12ClN3O. The minimum absolute atomic E-state index is 0.360. The highest BCUT2D eigenvalue weighted by Crippen LogP contribution is 2.12. The van der Waals surface area contributed by atoms with Crippen LogP contribution in [0.3, 0.4) is 0 Å². The molecule has 0 radical (unpaired) electrons. The van der Waals surface area contributed by atoms with E-state index < -0.39 is 0 Å². The van der Waals surface area contributed by atoms with Gasteiger partial charge < -0.3 is 5.73 Å². The molecule has 96 valence electrons. The molecule has 0 unspecified atom stereocenters. The molecule has 0 saturated heterocycles. The summed E-state index contributed by atoms with van der Waals surface area (Å²) in [6.45, 7) is 0. The van der Waals surface area contributed by atoms with Gasteiger partial charge in [-0.25, -0.2) is 5.43 Å². The minimum atomic E-state index is -0.360. The number of halogens is 1. The first-order valence-corrected chi connectivity index (χ1v) is 5.98. The molecule has 2 rings (SSSR count). The first-order valence-electron chi connectivity index (χ1n) is 5.61. The summed E-state index contributed by atoms with van der Waals surface area (Å²) >= 11 is 5.96. The standard InChI is InChI=1S/C14H12ClN3O/c15-12-7-3-1-5-10(12)9-17-18-14(19)11-6-2-4-8-13(11)16/h1-9H,16H2,(H,18,19). The van der Waals surface area contributed by atoms with Crippen molar-refractivity contribution in [3.63, 3.8) is 0 Å². The Morgan fingerprint density at radius 1 is 1.16 bits per heavy atom. The molecule has 0 heterocycles. The van der Waals surface area contributed by atoms with Gasteiger partial charge in [-0.2, -0.15) is 5.10 Å². The van der Waals surface area contributed by atoms with Gasteiger partial charge >= 0.3 is 0 Å². The van der Waals surface area contributed by atoms with Crippen molar-refractivity contribution >= 4 is 29.4 Å². The normalized spacial score (nSPS) is 10.6. The number of anilines is 1. The molecule has 0 aliphatic rings. The second-order valence-electron chi connectivity index (χ2n) is 3.81. The molecule has 1 amide bonds. The van der Waals surface area contributed by atoms with Crippen molar-refractivity contribution in [2.24, 2.45) is 5.10 Å². The third-order valence-electron chi connectivity index (χ3n) is 2.48. The number of rotatable bonds is 3. The second-order valence-corrected chi connectivity index (χ2v) is 4.22. The quantitative estimate of drug-likeness (QED) is 0.513. The Bertz CT molecular complexity index is 626. The van der Waals surface area contributed by atoms with Crippen molar-refractivity contribution in [2.75, 3.05) is 5.73 Å². The SMILES string of the molecule is Nc1ccccc1C(=O)NN=Cc1ccccc1Cl. The number of carbonyl (C=O) groups excluding carboxylic acids is 1. The molecule has 0 bridgehead atoms. The number of hydrogen-bond donors (Lipinski definition) is 2. The lowest BCUT2D eigenvalue weighted by Gasteiger charge is -2.03. The number of benzene rings is 2. The van der Waals surface area contributed by atoms with Crippen LogP contribution in [0, 0.1) is 0 Å². The summed E-state index contributed by atoms with van der Waals surface area (Å²) in [5.41, 5.74) is 9.63. The molecule has 0 aromatic heterocycles. The Balaban J connectivity index is 2.06. The van der Waals surface area contributed by atoms with Crippen LogP contribution in [0.2, 0.25) is 5.02 Å². The number of hydrogen-bond acceptors (Lipinski definition) is 3. The minimum Gasteiger partial charge on any atom is -0.398 e. The maximum absolute atomic E-state index is 11.8. The molecule has 2 aromatic rings. The maximum Gasteiger partial charge on any atom is 0.273 e. The summed E-state index contributed by atoms with van der Waals surface area (Å²) in [5, 5.41) is 4.42. The fraction of sp³-hybridized carbons (Fsp3) is 0. The zero-order valence-electron chi connectivity index (χ0n) is 10.0. The van der Waals surface area contributed by atoms with Gasteiger partial charge in [0.1, 0.15) is 0 Å². The number of carbonyl (C=O) groups is 1. The molecule has 0 spiro atoms. The van der Waals surface area contributed by atoms with Crippen LogP contribution in [0.15, 0.2) is 53.6 Å². The lowest BCUT2D eigenvalue weighted by Crippen LogP contribution is -2.19. The molecule has 0 fully saturated rings. The summed E-state index contributed by atoms with van der Waals surface area (Å²) in [6, 6.07) is 14.0. The topological polar surface area (TPSA) is 67.5 Å². The Kier molecular flexibility index (Phi) is 4.15. The van der Waals surface area contributed by atoms with Gasteiger partial charge in [-0.1, -0.05) is 41.9 Å². The van der Waals surface area contributed by atoms with Crippen LogP contribution in [0.4, 0.5) is 5.69 Å². The molecule has 5 heteroatoms. The Labute approximate surface area is 115 Å². The van der Waals surface area contributed by atoms with E-state index in [2.05, 4.69) is 10.5 Å².